The Morgan fingerprint density at radius 2 is 1.85 bits per heavy atom. The van der Waals surface area contributed by atoms with Crippen LogP contribution in [0.15, 0.2) is 0 Å². The van der Waals surface area contributed by atoms with E-state index in [1.54, 1.807) is 0 Å². The molecule has 0 spiro atoms. The van der Waals surface area contributed by atoms with Gasteiger partial charge in [0.25, 0.3) is 0 Å². The van der Waals surface area contributed by atoms with E-state index in [-0.39, 0.29) is 11.3 Å². The summed E-state index contributed by atoms with van der Waals surface area (Å²) in [4.78, 5) is 0. The lowest BCUT2D eigenvalue weighted by Gasteiger charge is -2.29. The highest BCUT2D eigenvalue weighted by Gasteiger charge is 2.36. The van der Waals surface area contributed by atoms with E-state index in [2.05, 4.69) is 5.32 Å². The lowest BCUT2D eigenvalue weighted by molar-refractivity contribution is 0.381. The fraction of sp³-hybridized carbons (Fsp3) is 1.00. The lowest BCUT2D eigenvalue weighted by atomic mass is 9.95. The summed E-state index contributed by atoms with van der Waals surface area (Å²) in [5.41, 5.74) is 0. The van der Waals surface area contributed by atoms with Crippen LogP contribution in [-0.4, -0.2) is 32.0 Å². The third-order valence-electron chi connectivity index (χ3n) is 3.18. The second-order valence-electron chi connectivity index (χ2n) is 4.10. The molecule has 0 radical (unpaired) electrons. The van der Waals surface area contributed by atoms with Gasteiger partial charge in [0.2, 0.25) is 0 Å². The Bertz CT molecular complexity index is 273. The van der Waals surface area contributed by atoms with Crippen molar-refractivity contribution >= 4 is 9.84 Å². The molecule has 1 saturated carbocycles. The van der Waals surface area contributed by atoms with Gasteiger partial charge >= 0.3 is 0 Å². The molecule has 0 amide bonds. The largest absolute Gasteiger partial charge is 0.313 e. The molecule has 13 heavy (non-hydrogen) atoms. The maximum absolute atomic E-state index is 11.8. The molecule has 2 aliphatic rings. The summed E-state index contributed by atoms with van der Waals surface area (Å²) in [7, 11) is -2.78. The van der Waals surface area contributed by atoms with Gasteiger partial charge in [-0.05, 0) is 25.8 Å². The average molecular weight is 203 g/mol. The molecule has 4 heteroatoms. The van der Waals surface area contributed by atoms with Crippen LogP contribution in [0, 0.1) is 0 Å². The molecule has 0 aromatic heterocycles. The molecular weight excluding hydrogens is 186 g/mol. The molecule has 1 aliphatic carbocycles. The van der Waals surface area contributed by atoms with Gasteiger partial charge in [-0.1, -0.05) is 12.8 Å². The minimum Gasteiger partial charge on any atom is -0.313 e. The van der Waals surface area contributed by atoms with Gasteiger partial charge in [0.1, 0.15) is 0 Å². The smallest absolute Gasteiger partial charge is 0.154 e. The van der Waals surface area contributed by atoms with Gasteiger partial charge in [-0.25, -0.2) is 8.42 Å². The third kappa shape index (κ3) is 1.89. The van der Waals surface area contributed by atoms with Gasteiger partial charge < -0.3 is 5.32 Å². The van der Waals surface area contributed by atoms with Gasteiger partial charge in [-0.2, -0.15) is 0 Å². The second-order valence-corrected chi connectivity index (χ2v) is 6.44. The van der Waals surface area contributed by atoms with Crippen molar-refractivity contribution in [2.24, 2.45) is 0 Å². The molecule has 76 valence electrons. The predicted octanol–water partition coefficient (Wildman–Crippen LogP) is 0.706. The van der Waals surface area contributed by atoms with E-state index < -0.39 is 9.84 Å². The highest BCUT2D eigenvalue weighted by atomic mass is 32.2. The molecule has 2 rings (SSSR count). The van der Waals surface area contributed by atoms with Crippen LogP contribution < -0.4 is 5.32 Å². The molecule has 2 fully saturated rings. The van der Waals surface area contributed by atoms with Crippen molar-refractivity contribution in [3.63, 3.8) is 0 Å². The zero-order chi connectivity index (χ0) is 9.31. The molecule has 0 aromatic carbocycles. The number of fused-ring (bicyclic) bond motifs is 1. The van der Waals surface area contributed by atoms with E-state index in [9.17, 15) is 8.42 Å². The Kier molecular flexibility index (Phi) is 2.60. The third-order valence-corrected chi connectivity index (χ3v) is 5.52. The Hall–Kier alpha value is -0.0900. The first-order chi connectivity index (χ1) is 6.20. The molecule has 1 aliphatic heterocycles. The Morgan fingerprint density at radius 3 is 2.69 bits per heavy atom. The van der Waals surface area contributed by atoms with E-state index >= 15 is 0 Å². The summed E-state index contributed by atoms with van der Waals surface area (Å²) >= 11 is 0. The molecule has 1 N–H and O–H groups in total. The maximum Gasteiger partial charge on any atom is 0.154 e. The summed E-state index contributed by atoms with van der Waals surface area (Å²) in [6.45, 7) is 0.875. The van der Waals surface area contributed by atoms with Crippen LogP contribution in [0.1, 0.15) is 32.1 Å². The van der Waals surface area contributed by atoms with Crippen molar-refractivity contribution in [3.8, 4) is 0 Å². The summed E-state index contributed by atoms with van der Waals surface area (Å²) in [5, 5.41) is 3.28. The van der Waals surface area contributed by atoms with Crippen LogP contribution >= 0.6 is 0 Å². The number of sulfone groups is 1. The van der Waals surface area contributed by atoms with Gasteiger partial charge in [0.05, 0.1) is 11.0 Å². The van der Waals surface area contributed by atoms with Crippen molar-refractivity contribution in [3.05, 3.63) is 0 Å². The summed E-state index contributed by atoms with van der Waals surface area (Å²) in [6.07, 6.45) is 4.98. The molecule has 3 nitrogen and oxygen atoms in total. The normalized spacial score (nSPS) is 39.1. The first kappa shape index (κ1) is 9.46. The van der Waals surface area contributed by atoms with Crippen LogP contribution in [0.4, 0.5) is 0 Å². The van der Waals surface area contributed by atoms with Crippen molar-refractivity contribution in [2.45, 2.75) is 43.4 Å². The van der Waals surface area contributed by atoms with Crippen LogP contribution in [0.5, 0.6) is 0 Å². The predicted molar refractivity (Wildman–Crippen MR) is 52.5 cm³/mol. The van der Waals surface area contributed by atoms with E-state index in [0.717, 1.165) is 32.2 Å². The van der Waals surface area contributed by atoms with Gasteiger partial charge in [-0.3, -0.25) is 0 Å². The first-order valence-corrected chi connectivity index (χ1v) is 6.87. The highest BCUT2D eigenvalue weighted by molar-refractivity contribution is 7.92. The molecular formula is C9H17NO2S. The van der Waals surface area contributed by atoms with Gasteiger partial charge in [0.15, 0.2) is 9.84 Å². The van der Waals surface area contributed by atoms with E-state index in [1.807, 2.05) is 0 Å². The fourth-order valence-corrected chi connectivity index (χ4v) is 4.58. The van der Waals surface area contributed by atoms with Crippen LogP contribution in [-0.2, 0) is 9.84 Å². The summed E-state index contributed by atoms with van der Waals surface area (Å²) in [6, 6.07) is 0.251. The average Bonchev–Trinajstić information content (AvgIpc) is 2.26. The van der Waals surface area contributed by atoms with Crippen molar-refractivity contribution in [1.82, 2.24) is 5.32 Å². The molecule has 2 atom stereocenters. The van der Waals surface area contributed by atoms with E-state index in [4.69, 9.17) is 0 Å². The van der Waals surface area contributed by atoms with Gasteiger partial charge in [0, 0.05) is 6.04 Å². The fourth-order valence-electron chi connectivity index (χ4n) is 2.47. The van der Waals surface area contributed by atoms with E-state index in [1.165, 1.54) is 6.42 Å². The first-order valence-electron chi connectivity index (χ1n) is 5.15. The van der Waals surface area contributed by atoms with Crippen molar-refractivity contribution in [1.29, 1.82) is 0 Å². The minimum atomic E-state index is -2.78. The Labute approximate surface area is 79.8 Å². The monoisotopic (exact) mass is 203 g/mol. The number of nitrogens with one attached hydrogen (secondary N) is 1. The number of rotatable bonds is 0. The zero-order valence-corrected chi connectivity index (χ0v) is 8.65. The highest BCUT2D eigenvalue weighted by Crippen LogP contribution is 2.26. The van der Waals surface area contributed by atoms with Crippen LogP contribution in [0.2, 0.25) is 0 Å². The Morgan fingerprint density at radius 1 is 1.08 bits per heavy atom. The second kappa shape index (κ2) is 3.58. The molecule has 0 aromatic rings. The Balaban J connectivity index is 2.22. The molecule has 1 heterocycles. The molecule has 2 unspecified atom stereocenters. The molecule has 0 bridgehead atoms. The standard InChI is InChI=1S/C9H17NO2S/c11-13(12)7-3-6-10-8-4-1-2-5-9(8)13/h8-10H,1-7H2. The summed E-state index contributed by atoms with van der Waals surface area (Å²) in [5.74, 6) is 0.390. The van der Waals surface area contributed by atoms with Crippen molar-refractivity contribution in [2.75, 3.05) is 12.3 Å². The quantitative estimate of drug-likeness (QED) is 0.630. The number of hydrogen-bond donors (Lipinski definition) is 1. The maximum atomic E-state index is 11.8. The van der Waals surface area contributed by atoms with Gasteiger partial charge in [-0.15, -0.1) is 0 Å². The van der Waals surface area contributed by atoms with Crippen LogP contribution in [0.3, 0.4) is 0 Å². The SMILES string of the molecule is O=S1(=O)CCCNC2CCCCC21. The topological polar surface area (TPSA) is 46.2 Å². The summed E-state index contributed by atoms with van der Waals surface area (Å²) < 4.78 is 23.6. The number of hydrogen-bond acceptors (Lipinski definition) is 3. The zero-order valence-electron chi connectivity index (χ0n) is 7.83. The molecule has 1 saturated heterocycles. The lowest BCUT2D eigenvalue weighted by Crippen LogP contribution is -2.44. The minimum absolute atomic E-state index is 0.0799. The van der Waals surface area contributed by atoms with Crippen LogP contribution in [0.25, 0.3) is 0 Å². The van der Waals surface area contributed by atoms with E-state index in [0.29, 0.717) is 5.75 Å². The van der Waals surface area contributed by atoms with Crippen molar-refractivity contribution < 1.29 is 8.42 Å².